The zero-order valence-corrected chi connectivity index (χ0v) is 17.0. The van der Waals surface area contributed by atoms with E-state index in [9.17, 15) is 9.59 Å². The quantitative estimate of drug-likeness (QED) is 0.629. The van der Waals surface area contributed by atoms with Gasteiger partial charge in [-0.1, -0.05) is 31.5 Å². The molecular weight excluding hydrogens is 368 g/mol. The Bertz CT molecular complexity index is 1010. The molecule has 3 aromatic rings. The summed E-state index contributed by atoms with van der Waals surface area (Å²) in [6.07, 6.45) is 3.65. The van der Waals surface area contributed by atoms with Gasteiger partial charge >= 0.3 is 0 Å². The molecule has 0 bridgehead atoms. The molecule has 0 aliphatic rings. The van der Waals surface area contributed by atoms with E-state index in [2.05, 4.69) is 17.2 Å². The number of anilines is 1. The molecule has 7 heteroatoms. The van der Waals surface area contributed by atoms with Crippen LogP contribution in [-0.2, 0) is 0 Å². The van der Waals surface area contributed by atoms with Crippen LogP contribution in [0.1, 0.15) is 47.8 Å². The van der Waals surface area contributed by atoms with Crippen LogP contribution in [0.2, 0.25) is 0 Å². The van der Waals surface area contributed by atoms with E-state index in [1.807, 2.05) is 31.2 Å². The lowest BCUT2D eigenvalue weighted by Crippen LogP contribution is -2.29. The van der Waals surface area contributed by atoms with Crippen LogP contribution < -0.4 is 10.1 Å². The van der Waals surface area contributed by atoms with Crippen LogP contribution in [0.4, 0.5) is 5.69 Å². The second kappa shape index (κ2) is 9.23. The molecule has 0 unspecified atom stereocenters. The minimum Gasteiger partial charge on any atom is -0.492 e. The van der Waals surface area contributed by atoms with Crippen molar-refractivity contribution in [2.75, 3.05) is 25.5 Å². The number of hydrogen-bond acceptors (Lipinski definition) is 4. The summed E-state index contributed by atoms with van der Waals surface area (Å²) >= 11 is 0. The van der Waals surface area contributed by atoms with Gasteiger partial charge in [0.05, 0.1) is 17.8 Å². The first-order valence-corrected chi connectivity index (χ1v) is 9.82. The Morgan fingerprint density at radius 1 is 1.14 bits per heavy atom. The molecule has 1 N–H and O–H groups in total. The summed E-state index contributed by atoms with van der Waals surface area (Å²) in [5.41, 5.74) is 1.33. The van der Waals surface area contributed by atoms with Gasteiger partial charge in [0, 0.05) is 19.8 Å². The number of fused-ring (bicyclic) bond motifs is 1. The Morgan fingerprint density at radius 2 is 1.90 bits per heavy atom. The first-order valence-electron chi connectivity index (χ1n) is 9.82. The molecule has 0 fully saturated rings. The summed E-state index contributed by atoms with van der Waals surface area (Å²) in [7, 11) is 1.75. The van der Waals surface area contributed by atoms with E-state index in [-0.39, 0.29) is 17.4 Å². The number of nitrogens with one attached hydrogen (secondary N) is 1. The Morgan fingerprint density at radius 3 is 2.66 bits per heavy atom. The van der Waals surface area contributed by atoms with Gasteiger partial charge in [-0.3, -0.25) is 14.0 Å². The second-order valence-corrected chi connectivity index (χ2v) is 6.70. The highest BCUT2D eigenvalue weighted by molar-refractivity contribution is 6.09. The summed E-state index contributed by atoms with van der Waals surface area (Å²) in [4.78, 5) is 31.9. The number of unbranched alkanes of at least 4 members (excludes halogenated alkanes) is 1. The minimum absolute atomic E-state index is 0.198. The fraction of sp³-hybridized carbons (Fsp3) is 0.318. The predicted octanol–water partition coefficient (Wildman–Crippen LogP) is 3.86. The highest BCUT2D eigenvalue weighted by atomic mass is 16.5. The van der Waals surface area contributed by atoms with Crippen LogP contribution in [0.3, 0.4) is 0 Å². The van der Waals surface area contributed by atoms with Gasteiger partial charge in [-0.15, -0.1) is 0 Å². The largest absolute Gasteiger partial charge is 0.492 e. The van der Waals surface area contributed by atoms with Crippen molar-refractivity contribution >= 4 is 23.0 Å². The van der Waals surface area contributed by atoms with Gasteiger partial charge in [-0.05, 0) is 37.6 Å². The summed E-state index contributed by atoms with van der Waals surface area (Å²) in [5.74, 6) is 0.203. The van der Waals surface area contributed by atoms with Gasteiger partial charge in [0.2, 0.25) is 5.82 Å². The Kier molecular flexibility index (Phi) is 6.49. The normalized spacial score (nSPS) is 10.7. The number of rotatable bonds is 8. The van der Waals surface area contributed by atoms with Crippen molar-refractivity contribution in [3.8, 4) is 5.75 Å². The highest BCUT2D eigenvalue weighted by Crippen LogP contribution is 2.25. The van der Waals surface area contributed by atoms with Crippen molar-refractivity contribution in [3.63, 3.8) is 0 Å². The van der Waals surface area contributed by atoms with Crippen LogP contribution in [0.15, 0.2) is 48.7 Å². The maximum atomic E-state index is 13.0. The van der Waals surface area contributed by atoms with Crippen molar-refractivity contribution in [3.05, 3.63) is 60.2 Å². The molecule has 0 radical (unpaired) electrons. The summed E-state index contributed by atoms with van der Waals surface area (Å²) < 4.78 is 7.23. The molecule has 2 heterocycles. The first-order chi connectivity index (χ1) is 14.1. The van der Waals surface area contributed by atoms with Crippen LogP contribution in [0.5, 0.6) is 5.75 Å². The molecule has 0 spiro atoms. The maximum Gasteiger partial charge on any atom is 0.289 e. The van der Waals surface area contributed by atoms with Gasteiger partial charge in [0.1, 0.15) is 5.75 Å². The third kappa shape index (κ3) is 4.39. The number of pyridine rings is 1. The number of para-hydroxylation sites is 2. The topological polar surface area (TPSA) is 75.9 Å². The van der Waals surface area contributed by atoms with Crippen molar-refractivity contribution in [2.24, 2.45) is 0 Å². The first kappa shape index (κ1) is 20.4. The molecule has 29 heavy (non-hydrogen) atoms. The number of amides is 2. The molecule has 7 nitrogen and oxygen atoms in total. The van der Waals surface area contributed by atoms with E-state index in [4.69, 9.17) is 4.74 Å². The monoisotopic (exact) mass is 394 g/mol. The van der Waals surface area contributed by atoms with Crippen molar-refractivity contribution in [1.82, 2.24) is 14.3 Å². The zero-order valence-electron chi connectivity index (χ0n) is 17.0. The lowest BCUT2D eigenvalue weighted by Gasteiger charge is -2.15. The van der Waals surface area contributed by atoms with Crippen LogP contribution in [0.25, 0.3) is 5.52 Å². The second-order valence-electron chi connectivity index (χ2n) is 6.70. The third-order valence-corrected chi connectivity index (χ3v) is 4.58. The lowest BCUT2D eigenvalue weighted by atomic mass is 10.2. The highest BCUT2D eigenvalue weighted by Gasteiger charge is 2.24. The minimum atomic E-state index is -0.392. The van der Waals surface area contributed by atoms with Crippen LogP contribution >= 0.6 is 0 Å². The van der Waals surface area contributed by atoms with Gasteiger partial charge < -0.3 is 15.0 Å². The van der Waals surface area contributed by atoms with Gasteiger partial charge in [-0.25, -0.2) is 4.98 Å². The maximum absolute atomic E-state index is 13.0. The Balaban J connectivity index is 1.94. The molecule has 3 rings (SSSR count). The number of nitrogens with zero attached hydrogens (tertiary/aromatic N) is 3. The zero-order chi connectivity index (χ0) is 20.8. The van der Waals surface area contributed by atoms with Gasteiger partial charge in [0.15, 0.2) is 5.69 Å². The molecule has 0 aliphatic heterocycles. The predicted molar refractivity (Wildman–Crippen MR) is 113 cm³/mol. The molecule has 0 saturated heterocycles. The van der Waals surface area contributed by atoms with E-state index in [1.165, 1.54) is 0 Å². The summed E-state index contributed by atoms with van der Waals surface area (Å²) in [6, 6.07) is 12.6. The summed E-state index contributed by atoms with van der Waals surface area (Å²) in [5, 5.41) is 2.85. The summed E-state index contributed by atoms with van der Waals surface area (Å²) in [6.45, 7) is 5.09. The number of imidazole rings is 1. The number of carbonyl (C=O) groups excluding carboxylic acids is 2. The fourth-order valence-electron chi connectivity index (χ4n) is 3.06. The van der Waals surface area contributed by atoms with Crippen LogP contribution in [-0.4, -0.2) is 46.3 Å². The molecule has 0 saturated carbocycles. The number of aromatic nitrogens is 2. The van der Waals surface area contributed by atoms with E-state index >= 15 is 0 Å². The van der Waals surface area contributed by atoms with Crippen molar-refractivity contribution in [1.29, 1.82) is 0 Å². The van der Waals surface area contributed by atoms with E-state index in [0.717, 1.165) is 12.8 Å². The molecule has 0 aliphatic carbocycles. The number of ether oxygens (including phenoxy) is 1. The fourth-order valence-corrected chi connectivity index (χ4v) is 3.06. The molecule has 152 valence electrons. The smallest absolute Gasteiger partial charge is 0.289 e. The average molecular weight is 394 g/mol. The molecule has 2 amide bonds. The van der Waals surface area contributed by atoms with E-state index in [1.54, 1.807) is 40.7 Å². The average Bonchev–Trinajstić information content (AvgIpc) is 3.13. The molecule has 0 atom stereocenters. The molecule has 2 aromatic heterocycles. The Labute approximate surface area is 170 Å². The SMILES string of the molecule is CCCCN(C)C(=O)c1nc(C(=O)Nc2ccccc2OCC)c2ccccn12. The van der Waals surface area contributed by atoms with E-state index < -0.39 is 5.91 Å². The molecule has 1 aromatic carbocycles. The number of hydrogen-bond donors (Lipinski definition) is 1. The third-order valence-electron chi connectivity index (χ3n) is 4.58. The van der Waals surface area contributed by atoms with Crippen molar-refractivity contribution in [2.45, 2.75) is 26.7 Å². The molecular formula is C22H26N4O3. The standard InChI is InChI=1S/C22H26N4O3/c1-4-6-14-25(3)22(28)20-24-19(17-12-9-10-15-26(17)20)21(27)23-16-11-7-8-13-18(16)29-5-2/h7-13,15H,4-6,14H2,1-3H3,(H,23,27). The number of benzene rings is 1. The lowest BCUT2D eigenvalue weighted by molar-refractivity contribution is 0.0780. The van der Waals surface area contributed by atoms with Crippen LogP contribution in [0, 0.1) is 0 Å². The number of carbonyl (C=O) groups is 2. The van der Waals surface area contributed by atoms with Crippen molar-refractivity contribution < 1.29 is 14.3 Å². The van der Waals surface area contributed by atoms with Gasteiger partial charge in [0.25, 0.3) is 11.8 Å². The van der Waals surface area contributed by atoms with Gasteiger partial charge in [-0.2, -0.15) is 0 Å². The van der Waals surface area contributed by atoms with E-state index in [0.29, 0.717) is 30.1 Å². The Hall–Kier alpha value is -3.35.